The summed E-state index contributed by atoms with van der Waals surface area (Å²) in [5.41, 5.74) is 0.862. The van der Waals surface area contributed by atoms with Gasteiger partial charge in [-0.15, -0.1) is 0 Å². The lowest BCUT2D eigenvalue weighted by atomic mass is 10.2. The molecule has 2 aromatic carbocycles. The van der Waals surface area contributed by atoms with Crippen molar-refractivity contribution < 1.29 is 12.8 Å². The van der Waals surface area contributed by atoms with Gasteiger partial charge in [0.2, 0.25) is 9.84 Å². The number of nitrogens with one attached hydrogen (secondary N) is 1. The predicted molar refractivity (Wildman–Crippen MR) is 90.3 cm³/mol. The fraction of sp³-hybridized carbons (Fsp3) is 0.222. The molecule has 0 radical (unpaired) electrons. The highest BCUT2D eigenvalue weighted by Crippen LogP contribution is 2.33. The van der Waals surface area contributed by atoms with Gasteiger partial charge in [-0.05, 0) is 31.2 Å². The first kappa shape index (κ1) is 15.4. The van der Waals surface area contributed by atoms with E-state index < -0.39 is 15.7 Å². The van der Waals surface area contributed by atoms with Crippen molar-refractivity contribution in [3.8, 4) is 0 Å². The molecule has 1 atom stereocenters. The van der Waals surface area contributed by atoms with Crippen LogP contribution in [0.25, 0.3) is 10.9 Å². The Hall–Kier alpha value is -2.18. The van der Waals surface area contributed by atoms with E-state index in [1.165, 1.54) is 24.3 Å². The van der Waals surface area contributed by atoms with Crippen molar-refractivity contribution in [1.29, 1.82) is 0 Å². The van der Waals surface area contributed by atoms with Gasteiger partial charge in [0.15, 0.2) is 0 Å². The standard InChI is InChI=1S/C18H17FN2O2S/c19-15-6-2-4-8-17(15)24(22,23)18-12-21(13-9-10-20-11-13)16-7-3-1-5-14(16)18/h1-8,12-13,20H,9-11H2. The molecule has 0 amide bonds. The van der Waals surface area contributed by atoms with Gasteiger partial charge in [-0.2, -0.15) is 0 Å². The molecular weight excluding hydrogens is 327 g/mol. The third kappa shape index (κ3) is 2.34. The molecule has 1 aliphatic rings. The number of sulfone groups is 1. The Balaban J connectivity index is 1.96. The van der Waals surface area contributed by atoms with E-state index in [-0.39, 0.29) is 15.8 Å². The van der Waals surface area contributed by atoms with Crippen LogP contribution >= 0.6 is 0 Å². The molecule has 0 spiro atoms. The van der Waals surface area contributed by atoms with E-state index >= 15 is 0 Å². The van der Waals surface area contributed by atoms with Crippen LogP contribution in [0.5, 0.6) is 0 Å². The zero-order valence-electron chi connectivity index (χ0n) is 12.9. The molecule has 1 aromatic heterocycles. The van der Waals surface area contributed by atoms with Crippen molar-refractivity contribution in [2.45, 2.75) is 22.3 Å². The van der Waals surface area contributed by atoms with Crippen molar-refractivity contribution in [3.63, 3.8) is 0 Å². The Morgan fingerprint density at radius 2 is 1.79 bits per heavy atom. The summed E-state index contributed by atoms with van der Waals surface area (Å²) >= 11 is 0. The van der Waals surface area contributed by atoms with Gasteiger partial charge in [0.05, 0.1) is 4.90 Å². The van der Waals surface area contributed by atoms with E-state index in [9.17, 15) is 12.8 Å². The van der Waals surface area contributed by atoms with Gasteiger partial charge in [0.25, 0.3) is 0 Å². The summed E-state index contributed by atoms with van der Waals surface area (Å²) in [5, 5.41) is 3.93. The lowest BCUT2D eigenvalue weighted by molar-refractivity contribution is 0.556. The van der Waals surface area contributed by atoms with Gasteiger partial charge in [-0.1, -0.05) is 30.3 Å². The van der Waals surface area contributed by atoms with Crippen LogP contribution in [0.1, 0.15) is 12.5 Å². The zero-order chi connectivity index (χ0) is 16.7. The summed E-state index contributed by atoms with van der Waals surface area (Å²) < 4.78 is 42.1. The maximum atomic E-state index is 14.1. The van der Waals surface area contributed by atoms with Crippen molar-refractivity contribution in [3.05, 3.63) is 60.5 Å². The molecule has 6 heteroatoms. The SMILES string of the molecule is O=S(=O)(c1ccccc1F)c1cn(C2CCNC2)c2ccccc12. The van der Waals surface area contributed by atoms with E-state index in [4.69, 9.17) is 0 Å². The maximum absolute atomic E-state index is 14.1. The van der Waals surface area contributed by atoms with Crippen molar-refractivity contribution in [1.82, 2.24) is 9.88 Å². The van der Waals surface area contributed by atoms with E-state index in [1.807, 2.05) is 16.7 Å². The number of hydrogen-bond donors (Lipinski definition) is 1. The van der Waals surface area contributed by atoms with Crippen LogP contribution in [-0.2, 0) is 9.84 Å². The molecule has 1 aliphatic heterocycles. The zero-order valence-corrected chi connectivity index (χ0v) is 13.8. The van der Waals surface area contributed by atoms with Crippen LogP contribution in [0.2, 0.25) is 0 Å². The third-order valence-corrected chi connectivity index (χ3v) is 6.36. The highest BCUT2D eigenvalue weighted by atomic mass is 32.2. The second kappa shape index (κ2) is 5.72. The number of hydrogen-bond acceptors (Lipinski definition) is 3. The van der Waals surface area contributed by atoms with E-state index in [0.29, 0.717) is 5.39 Å². The number of fused-ring (bicyclic) bond motifs is 1. The van der Waals surface area contributed by atoms with Crippen molar-refractivity contribution >= 4 is 20.7 Å². The first-order valence-corrected chi connectivity index (χ1v) is 9.37. The number of rotatable bonds is 3. The Bertz CT molecular complexity index is 1000. The molecule has 4 rings (SSSR count). The molecule has 0 bridgehead atoms. The number of nitrogens with zero attached hydrogens (tertiary/aromatic N) is 1. The molecule has 1 fully saturated rings. The highest BCUT2D eigenvalue weighted by molar-refractivity contribution is 7.91. The lowest BCUT2D eigenvalue weighted by Gasteiger charge is -2.12. The summed E-state index contributed by atoms with van der Waals surface area (Å²) in [6.07, 6.45) is 2.60. The first-order chi connectivity index (χ1) is 11.6. The average molecular weight is 344 g/mol. The third-order valence-electron chi connectivity index (χ3n) is 4.55. The van der Waals surface area contributed by atoms with Gasteiger partial charge in [-0.25, -0.2) is 12.8 Å². The molecule has 124 valence electrons. The molecule has 1 saturated heterocycles. The van der Waals surface area contributed by atoms with Crippen LogP contribution in [0, 0.1) is 5.82 Å². The summed E-state index contributed by atoms with van der Waals surface area (Å²) in [7, 11) is -3.92. The predicted octanol–water partition coefficient (Wildman–Crippen LogP) is 3.15. The number of benzene rings is 2. The molecule has 3 aromatic rings. The topological polar surface area (TPSA) is 51.1 Å². The number of halogens is 1. The van der Waals surface area contributed by atoms with E-state index in [2.05, 4.69) is 5.32 Å². The minimum atomic E-state index is -3.92. The average Bonchev–Trinajstić information content (AvgIpc) is 3.22. The summed E-state index contributed by atoms with van der Waals surface area (Å²) in [5.74, 6) is -0.725. The summed E-state index contributed by atoms with van der Waals surface area (Å²) in [6.45, 7) is 1.71. The Morgan fingerprint density at radius 1 is 1.04 bits per heavy atom. The minimum Gasteiger partial charge on any atom is -0.342 e. The Labute approximate surface area is 139 Å². The number of aromatic nitrogens is 1. The normalized spacial score (nSPS) is 18.3. The maximum Gasteiger partial charge on any atom is 0.211 e. The summed E-state index contributed by atoms with van der Waals surface area (Å²) in [6, 6.07) is 13.1. The second-order valence-corrected chi connectivity index (χ2v) is 7.88. The molecule has 0 saturated carbocycles. The van der Waals surface area contributed by atoms with Gasteiger partial charge < -0.3 is 9.88 Å². The molecule has 1 N–H and O–H groups in total. The Morgan fingerprint density at radius 3 is 2.54 bits per heavy atom. The van der Waals surface area contributed by atoms with Gasteiger partial charge in [0.1, 0.15) is 10.7 Å². The monoisotopic (exact) mass is 344 g/mol. The fourth-order valence-corrected chi connectivity index (χ4v) is 4.88. The molecule has 0 aliphatic carbocycles. The molecule has 2 heterocycles. The Kier molecular flexibility index (Phi) is 3.66. The highest BCUT2D eigenvalue weighted by Gasteiger charge is 2.28. The van der Waals surface area contributed by atoms with Crippen LogP contribution in [-0.4, -0.2) is 26.1 Å². The first-order valence-electron chi connectivity index (χ1n) is 7.89. The molecular formula is C18H17FN2O2S. The smallest absolute Gasteiger partial charge is 0.211 e. The van der Waals surface area contributed by atoms with Crippen LogP contribution < -0.4 is 5.32 Å². The van der Waals surface area contributed by atoms with Gasteiger partial charge >= 0.3 is 0 Å². The molecule has 24 heavy (non-hydrogen) atoms. The van der Waals surface area contributed by atoms with E-state index in [0.717, 1.165) is 25.0 Å². The van der Waals surface area contributed by atoms with Crippen LogP contribution in [0.4, 0.5) is 4.39 Å². The molecule has 4 nitrogen and oxygen atoms in total. The lowest BCUT2D eigenvalue weighted by Crippen LogP contribution is -2.12. The largest absolute Gasteiger partial charge is 0.342 e. The van der Waals surface area contributed by atoms with Gasteiger partial charge in [-0.3, -0.25) is 0 Å². The van der Waals surface area contributed by atoms with Crippen LogP contribution in [0.15, 0.2) is 64.5 Å². The van der Waals surface area contributed by atoms with Crippen molar-refractivity contribution in [2.75, 3.05) is 13.1 Å². The van der Waals surface area contributed by atoms with Crippen molar-refractivity contribution in [2.24, 2.45) is 0 Å². The number of para-hydroxylation sites is 1. The minimum absolute atomic E-state index is 0.162. The van der Waals surface area contributed by atoms with Crippen LogP contribution in [0.3, 0.4) is 0 Å². The quantitative estimate of drug-likeness (QED) is 0.794. The fourth-order valence-electron chi connectivity index (χ4n) is 3.35. The second-order valence-electron chi connectivity index (χ2n) is 6.00. The summed E-state index contributed by atoms with van der Waals surface area (Å²) in [4.78, 5) is -0.118. The molecule has 1 unspecified atom stereocenters. The van der Waals surface area contributed by atoms with E-state index in [1.54, 1.807) is 18.3 Å². The van der Waals surface area contributed by atoms with Gasteiger partial charge in [0, 0.05) is 29.7 Å².